The van der Waals surface area contributed by atoms with Crippen molar-refractivity contribution in [3.05, 3.63) is 69.5 Å². The van der Waals surface area contributed by atoms with E-state index in [-0.39, 0.29) is 29.6 Å². The first kappa shape index (κ1) is 28.2. The number of hydrogen-bond acceptors (Lipinski definition) is 5. The molecule has 18 heteroatoms. The maximum Gasteiger partial charge on any atom is 0.416 e. The Hall–Kier alpha value is -3.34. The van der Waals surface area contributed by atoms with Crippen LogP contribution in [0.2, 0.25) is 5.02 Å². The van der Waals surface area contributed by atoms with Crippen molar-refractivity contribution in [2.45, 2.75) is 30.3 Å². The van der Waals surface area contributed by atoms with Gasteiger partial charge < -0.3 is 0 Å². The maximum atomic E-state index is 13.0. The van der Waals surface area contributed by atoms with Gasteiger partial charge in [-0.3, -0.25) is 4.79 Å². The molecule has 37 heavy (non-hydrogen) atoms. The Labute approximate surface area is 205 Å². The van der Waals surface area contributed by atoms with Gasteiger partial charge in [-0.25, -0.2) is 17.8 Å². The minimum Gasteiger partial charge on any atom is -0.266 e. The molecule has 0 aliphatic rings. The van der Waals surface area contributed by atoms with E-state index in [0.717, 1.165) is 17.7 Å². The van der Waals surface area contributed by atoms with Crippen molar-refractivity contribution in [1.29, 1.82) is 0 Å². The highest BCUT2D eigenvalue weighted by atomic mass is 35.5. The minimum absolute atomic E-state index is 0.101. The molecule has 1 aromatic heterocycles. The zero-order valence-electron chi connectivity index (χ0n) is 17.7. The van der Waals surface area contributed by atoms with Gasteiger partial charge in [0.2, 0.25) is 0 Å². The van der Waals surface area contributed by atoms with Crippen LogP contribution in [0.1, 0.15) is 32.9 Å². The number of halogens is 10. The summed E-state index contributed by atoms with van der Waals surface area (Å²) in [5, 5.41) is 6.41. The summed E-state index contributed by atoms with van der Waals surface area (Å²) in [5.41, 5.74) is -6.21. The van der Waals surface area contributed by atoms with E-state index in [0.29, 0.717) is 12.1 Å². The summed E-state index contributed by atoms with van der Waals surface area (Å²) in [6.07, 6.45) is -15.4. The molecule has 7 nitrogen and oxygen atoms in total. The molecule has 1 amide bonds. The van der Waals surface area contributed by atoms with Crippen molar-refractivity contribution >= 4 is 27.5 Å². The summed E-state index contributed by atoms with van der Waals surface area (Å²) in [5.74, 6) is -1.60. The number of aromatic nitrogens is 3. The van der Waals surface area contributed by atoms with Crippen molar-refractivity contribution < 1.29 is 52.7 Å². The fourth-order valence-electron chi connectivity index (χ4n) is 2.93. The van der Waals surface area contributed by atoms with Crippen molar-refractivity contribution in [2.24, 2.45) is 0 Å². The molecule has 0 radical (unpaired) electrons. The molecule has 0 aliphatic heterocycles. The van der Waals surface area contributed by atoms with E-state index in [1.807, 2.05) is 0 Å². The van der Waals surface area contributed by atoms with Crippen molar-refractivity contribution in [2.75, 3.05) is 0 Å². The lowest BCUT2D eigenvalue weighted by Gasteiger charge is -2.14. The van der Waals surface area contributed by atoms with Crippen LogP contribution in [0, 0.1) is 6.92 Å². The van der Waals surface area contributed by atoms with Crippen molar-refractivity contribution in [3.8, 4) is 5.69 Å². The molecular formula is C19H10ClF9N4O3S. The molecule has 0 unspecified atom stereocenters. The normalized spacial score (nSPS) is 13.1. The van der Waals surface area contributed by atoms with Gasteiger partial charge in [0.25, 0.3) is 15.9 Å². The van der Waals surface area contributed by atoms with E-state index in [4.69, 9.17) is 11.6 Å². The predicted octanol–water partition coefficient (Wildman–Crippen LogP) is 5.40. The number of alkyl halides is 9. The predicted molar refractivity (Wildman–Crippen MR) is 107 cm³/mol. The third kappa shape index (κ3) is 5.98. The highest BCUT2D eigenvalue weighted by Crippen LogP contribution is 2.37. The fourth-order valence-corrected chi connectivity index (χ4v) is 4.22. The molecule has 1 N–H and O–H groups in total. The average molecular weight is 581 g/mol. The summed E-state index contributed by atoms with van der Waals surface area (Å²) in [7, 11) is -5.30. The van der Waals surface area contributed by atoms with E-state index in [1.165, 1.54) is 4.72 Å². The number of rotatable bonds is 4. The molecule has 0 saturated heterocycles. The van der Waals surface area contributed by atoms with E-state index >= 15 is 0 Å². The van der Waals surface area contributed by atoms with Crippen LogP contribution in [0.25, 0.3) is 5.69 Å². The van der Waals surface area contributed by atoms with Crippen molar-refractivity contribution in [1.82, 2.24) is 19.7 Å². The Kier molecular flexibility index (Phi) is 7.02. The Morgan fingerprint density at radius 1 is 0.865 bits per heavy atom. The second kappa shape index (κ2) is 9.20. The number of amides is 1. The number of nitrogens with zero attached hydrogens (tertiary/aromatic N) is 3. The molecule has 0 atom stereocenters. The average Bonchev–Trinajstić information content (AvgIpc) is 3.12. The van der Waals surface area contributed by atoms with Gasteiger partial charge in [0.1, 0.15) is 0 Å². The zero-order chi connectivity index (χ0) is 28.1. The first-order valence-corrected chi connectivity index (χ1v) is 11.2. The molecule has 1 heterocycles. The summed E-state index contributed by atoms with van der Waals surface area (Å²) in [6, 6.07) is 1.57. The van der Waals surface area contributed by atoms with Crippen LogP contribution in [0.5, 0.6) is 0 Å². The Bertz CT molecular complexity index is 1450. The second-order valence-corrected chi connectivity index (χ2v) is 9.37. The number of carbonyl (C=O) groups is 1. The number of hydrogen-bond donors (Lipinski definition) is 1. The highest BCUT2D eigenvalue weighted by molar-refractivity contribution is 7.90. The van der Waals surface area contributed by atoms with Crippen LogP contribution in [0.15, 0.2) is 41.3 Å². The molecular weight excluding hydrogens is 571 g/mol. The number of nitrogens with one attached hydrogen (secondary N) is 1. The smallest absolute Gasteiger partial charge is 0.266 e. The van der Waals surface area contributed by atoms with Crippen LogP contribution in [0.3, 0.4) is 0 Å². The number of sulfonamides is 1. The first-order chi connectivity index (χ1) is 16.7. The summed E-state index contributed by atoms with van der Waals surface area (Å²) in [6.45, 7) is 1.13. The standard InChI is InChI=1S/C19H10ClF9N4O3S/c1-8-15(30-32-33(8)14-3-2-9(7-13(14)20)17(21,22)23)16(34)31-37(35,36)12-5-10(18(24,25)26)4-11(6-12)19(27,28)29/h2-7H,1H3,(H,31,34). The van der Waals surface area contributed by atoms with E-state index in [2.05, 4.69) is 10.3 Å². The van der Waals surface area contributed by atoms with E-state index < -0.39 is 66.8 Å². The Morgan fingerprint density at radius 3 is 1.84 bits per heavy atom. The van der Waals surface area contributed by atoms with E-state index in [1.54, 1.807) is 0 Å². The third-order valence-corrected chi connectivity index (χ3v) is 6.32. The minimum atomic E-state index is -5.35. The Balaban J connectivity index is 1.98. The molecule has 2 aromatic carbocycles. The lowest BCUT2D eigenvalue weighted by molar-refractivity contribution is -0.143. The monoisotopic (exact) mass is 580 g/mol. The molecule has 0 aliphatic carbocycles. The fraction of sp³-hybridized carbons (Fsp3) is 0.211. The second-order valence-electron chi connectivity index (χ2n) is 7.28. The lowest BCUT2D eigenvalue weighted by atomic mass is 10.1. The molecule has 0 fully saturated rings. The van der Waals surface area contributed by atoms with E-state index in [9.17, 15) is 52.7 Å². The maximum absolute atomic E-state index is 13.0. The zero-order valence-corrected chi connectivity index (χ0v) is 19.3. The molecule has 0 bridgehead atoms. The number of carbonyl (C=O) groups excluding carboxylic acids is 1. The molecule has 3 rings (SSSR count). The Morgan fingerprint density at radius 2 is 1.38 bits per heavy atom. The van der Waals surface area contributed by atoms with Gasteiger partial charge in [0.15, 0.2) is 5.69 Å². The third-order valence-electron chi connectivity index (χ3n) is 4.71. The van der Waals surface area contributed by atoms with Crippen LogP contribution in [-0.4, -0.2) is 29.3 Å². The van der Waals surface area contributed by atoms with Gasteiger partial charge in [-0.15, -0.1) is 5.10 Å². The van der Waals surface area contributed by atoms with Crippen LogP contribution >= 0.6 is 11.6 Å². The largest absolute Gasteiger partial charge is 0.416 e. The van der Waals surface area contributed by atoms with Crippen molar-refractivity contribution in [3.63, 3.8) is 0 Å². The van der Waals surface area contributed by atoms with Crippen LogP contribution < -0.4 is 4.72 Å². The summed E-state index contributed by atoms with van der Waals surface area (Å²) >= 11 is 5.85. The highest BCUT2D eigenvalue weighted by Gasteiger charge is 2.39. The van der Waals surface area contributed by atoms with Crippen LogP contribution in [0.4, 0.5) is 39.5 Å². The van der Waals surface area contributed by atoms with Gasteiger partial charge in [-0.2, -0.15) is 39.5 Å². The molecule has 3 aromatic rings. The topological polar surface area (TPSA) is 93.9 Å². The first-order valence-electron chi connectivity index (χ1n) is 9.38. The van der Waals surface area contributed by atoms with Gasteiger partial charge >= 0.3 is 18.5 Å². The number of benzene rings is 2. The van der Waals surface area contributed by atoms with Crippen LogP contribution in [-0.2, 0) is 28.6 Å². The van der Waals surface area contributed by atoms with Gasteiger partial charge in [-0.1, -0.05) is 16.8 Å². The van der Waals surface area contributed by atoms with Gasteiger partial charge in [0.05, 0.1) is 38.0 Å². The molecule has 200 valence electrons. The van der Waals surface area contributed by atoms with Gasteiger partial charge in [-0.05, 0) is 43.3 Å². The summed E-state index contributed by atoms with van der Waals surface area (Å²) in [4.78, 5) is 11.0. The molecule has 0 spiro atoms. The van der Waals surface area contributed by atoms with Gasteiger partial charge in [0, 0.05) is 0 Å². The SMILES string of the molecule is Cc1c(C(=O)NS(=O)(=O)c2cc(C(F)(F)F)cc(C(F)(F)F)c2)nnn1-c1ccc(C(F)(F)F)cc1Cl. The molecule has 0 saturated carbocycles. The summed E-state index contributed by atoms with van der Waals surface area (Å²) < 4.78 is 144. The lowest BCUT2D eigenvalue weighted by Crippen LogP contribution is -2.32. The quantitative estimate of drug-likeness (QED) is 0.417.